The summed E-state index contributed by atoms with van der Waals surface area (Å²) in [6, 6.07) is 4.21. The maximum Gasteiger partial charge on any atom is 0.223 e. The number of nitrogens with one attached hydrogen (secondary N) is 1. The third-order valence-corrected chi connectivity index (χ3v) is 4.53. The molecular formula is C18H26N4O2. The maximum atomic E-state index is 11.8. The third-order valence-electron chi connectivity index (χ3n) is 4.53. The highest BCUT2D eigenvalue weighted by molar-refractivity contribution is 5.82. The lowest BCUT2D eigenvalue weighted by Crippen LogP contribution is -2.56. The van der Waals surface area contributed by atoms with Gasteiger partial charge < -0.3 is 19.5 Å². The number of aliphatic imine (C=N–C) groups is 1. The summed E-state index contributed by atoms with van der Waals surface area (Å²) < 4.78 is 5.38. The van der Waals surface area contributed by atoms with Crippen molar-refractivity contribution in [2.75, 3.05) is 32.7 Å². The normalized spacial score (nSPS) is 21.1. The van der Waals surface area contributed by atoms with E-state index in [-0.39, 0.29) is 0 Å². The molecule has 1 atom stereocenters. The number of fused-ring (bicyclic) bond motifs is 1. The van der Waals surface area contributed by atoms with E-state index >= 15 is 0 Å². The van der Waals surface area contributed by atoms with Gasteiger partial charge in [-0.25, -0.2) is 4.99 Å². The molecule has 3 rings (SSSR count). The molecular weight excluding hydrogens is 304 g/mol. The topological polar surface area (TPSA) is 61.1 Å². The summed E-state index contributed by atoms with van der Waals surface area (Å²) in [6.07, 6.45) is 4.15. The van der Waals surface area contributed by atoms with Crippen LogP contribution in [0.15, 0.2) is 40.0 Å². The molecule has 1 unspecified atom stereocenters. The van der Waals surface area contributed by atoms with Crippen LogP contribution in [0.4, 0.5) is 0 Å². The number of hydrogen-bond donors (Lipinski definition) is 1. The molecule has 0 bridgehead atoms. The second kappa shape index (κ2) is 7.55. The van der Waals surface area contributed by atoms with E-state index in [4.69, 9.17) is 9.41 Å². The molecule has 24 heavy (non-hydrogen) atoms. The van der Waals surface area contributed by atoms with E-state index in [0.29, 0.717) is 24.9 Å². The van der Waals surface area contributed by atoms with Crippen molar-refractivity contribution in [2.24, 2.45) is 4.99 Å². The molecule has 1 N–H and O–H groups in total. The van der Waals surface area contributed by atoms with Gasteiger partial charge in [-0.2, -0.15) is 0 Å². The fourth-order valence-corrected chi connectivity index (χ4v) is 3.29. The first-order valence-corrected chi connectivity index (χ1v) is 8.63. The summed E-state index contributed by atoms with van der Waals surface area (Å²) >= 11 is 0. The number of hydrogen-bond acceptors (Lipinski definition) is 3. The molecule has 0 spiro atoms. The molecule has 1 aromatic rings. The lowest BCUT2D eigenvalue weighted by atomic mass is 10.1. The first-order chi connectivity index (χ1) is 11.6. The molecule has 2 fully saturated rings. The van der Waals surface area contributed by atoms with Crippen LogP contribution in [-0.2, 0) is 11.2 Å². The van der Waals surface area contributed by atoms with Gasteiger partial charge in [0.1, 0.15) is 5.76 Å². The lowest BCUT2D eigenvalue weighted by molar-refractivity contribution is -0.130. The van der Waals surface area contributed by atoms with Crippen molar-refractivity contribution in [3.8, 4) is 0 Å². The highest BCUT2D eigenvalue weighted by Gasteiger charge is 2.36. The largest absolute Gasteiger partial charge is 0.469 e. The highest BCUT2D eigenvalue weighted by Crippen LogP contribution is 2.22. The average molecular weight is 330 g/mol. The van der Waals surface area contributed by atoms with E-state index in [1.54, 1.807) is 6.26 Å². The summed E-state index contributed by atoms with van der Waals surface area (Å²) in [7, 11) is 0. The van der Waals surface area contributed by atoms with Crippen LogP contribution in [0.1, 0.15) is 25.5 Å². The van der Waals surface area contributed by atoms with Crippen molar-refractivity contribution >= 4 is 11.9 Å². The molecule has 2 aliphatic heterocycles. The van der Waals surface area contributed by atoms with Crippen molar-refractivity contribution in [1.29, 1.82) is 0 Å². The van der Waals surface area contributed by atoms with Gasteiger partial charge in [0, 0.05) is 45.1 Å². The highest BCUT2D eigenvalue weighted by atomic mass is 16.3. The van der Waals surface area contributed by atoms with Crippen LogP contribution in [0.5, 0.6) is 0 Å². The molecule has 0 aliphatic carbocycles. The van der Waals surface area contributed by atoms with Crippen LogP contribution in [0, 0.1) is 0 Å². The molecule has 130 valence electrons. The van der Waals surface area contributed by atoms with Gasteiger partial charge in [-0.05, 0) is 25.5 Å². The number of guanidine groups is 1. The maximum absolute atomic E-state index is 11.8. The molecule has 2 aliphatic rings. The molecule has 2 saturated heterocycles. The number of piperazine rings is 1. The Bertz CT molecular complexity index is 609. The van der Waals surface area contributed by atoms with E-state index in [1.165, 1.54) is 0 Å². The first kappa shape index (κ1) is 16.6. The molecule has 1 amide bonds. The second-order valence-corrected chi connectivity index (χ2v) is 6.58. The standard InChI is InChI=1S/C18H26N4O2/c1-14(2)12-20-18(19-8-7-16-4-3-11-24-16)21-9-10-22-15(13-21)5-6-17(22)23/h3-4,11,15H,1,5-10,12-13H2,2H3,(H,19,20). The number of nitrogens with zero attached hydrogens (tertiary/aromatic N) is 3. The fourth-order valence-electron chi connectivity index (χ4n) is 3.29. The Kier molecular flexibility index (Phi) is 5.23. The van der Waals surface area contributed by atoms with Crippen LogP contribution in [0.2, 0.25) is 0 Å². The van der Waals surface area contributed by atoms with Crippen molar-refractivity contribution in [1.82, 2.24) is 15.1 Å². The van der Waals surface area contributed by atoms with Crippen molar-refractivity contribution in [3.63, 3.8) is 0 Å². The SMILES string of the molecule is C=C(C)CN=C(NCCc1ccco1)N1CCN2C(=O)CCC2C1. The predicted octanol–water partition coefficient (Wildman–Crippen LogP) is 1.65. The Morgan fingerprint density at radius 2 is 2.38 bits per heavy atom. The zero-order valence-electron chi connectivity index (χ0n) is 14.3. The van der Waals surface area contributed by atoms with Crippen LogP contribution in [0.25, 0.3) is 0 Å². The summed E-state index contributed by atoms with van der Waals surface area (Å²) in [5.41, 5.74) is 1.04. The third kappa shape index (κ3) is 3.99. The molecule has 0 saturated carbocycles. The Morgan fingerprint density at radius 1 is 1.50 bits per heavy atom. The van der Waals surface area contributed by atoms with E-state index in [1.807, 2.05) is 24.0 Å². The molecule has 6 nitrogen and oxygen atoms in total. The number of amides is 1. The van der Waals surface area contributed by atoms with Crippen LogP contribution < -0.4 is 5.32 Å². The van der Waals surface area contributed by atoms with Gasteiger partial charge in [-0.15, -0.1) is 0 Å². The molecule has 0 aromatic carbocycles. The van der Waals surface area contributed by atoms with Gasteiger partial charge in [0.15, 0.2) is 5.96 Å². The number of carbonyl (C=O) groups excluding carboxylic acids is 1. The van der Waals surface area contributed by atoms with Gasteiger partial charge in [0.25, 0.3) is 0 Å². The predicted molar refractivity (Wildman–Crippen MR) is 93.8 cm³/mol. The molecule has 1 aromatic heterocycles. The van der Waals surface area contributed by atoms with Gasteiger partial charge in [-0.1, -0.05) is 12.2 Å². The second-order valence-electron chi connectivity index (χ2n) is 6.58. The quantitative estimate of drug-likeness (QED) is 0.507. The Balaban J connectivity index is 1.60. The summed E-state index contributed by atoms with van der Waals surface area (Å²) in [5, 5.41) is 3.45. The number of carbonyl (C=O) groups is 1. The van der Waals surface area contributed by atoms with Gasteiger partial charge >= 0.3 is 0 Å². The molecule has 3 heterocycles. The van der Waals surface area contributed by atoms with Crippen molar-refractivity contribution in [2.45, 2.75) is 32.2 Å². The van der Waals surface area contributed by atoms with Gasteiger partial charge in [-0.3, -0.25) is 4.79 Å². The Morgan fingerprint density at radius 3 is 3.12 bits per heavy atom. The van der Waals surface area contributed by atoms with E-state index in [2.05, 4.69) is 16.8 Å². The van der Waals surface area contributed by atoms with Crippen LogP contribution >= 0.6 is 0 Å². The zero-order valence-corrected chi connectivity index (χ0v) is 14.3. The van der Waals surface area contributed by atoms with E-state index in [9.17, 15) is 4.79 Å². The van der Waals surface area contributed by atoms with E-state index < -0.39 is 0 Å². The Labute approximate surface area is 143 Å². The number of rotatable bonds is 5. The lowest BCUT2D eigenvalue weighted by Gasteiger charge is -2.39. The fraction of sp³-hybridized carbons (Fsp3) is 0.556. The van der Waals surface area contributed by atoms with Gasteiger partial charge in [0.2, 0.25) is 5.91 Å². The average Bonchev–Trinajstić information content (AvgIpc) is 3.20. The van der Waals surface area contributed by atoms with Gasteiger partial charge in [0.05, 0.1) is 12.8 Å². The van der Waals surface area contributed by atoms with Crippen molar-refractivity contribution < 1.29 is 9.21 Å². The monoisotopic (exact) mass is 330 g/mol. The smallest absolute Gasteiger partial charge is 0.223 e. The minimum atomic E-state index is 0.297. The Hall–Kier alpha value is -2.24. The summed E-state index contributed by atoms with van der Waals surface area (Å²) in [4.78, 5) is 20.8. The minimum Gasteiger partial charge on any atom is -0.469 e. The van der Waals surface area contributed by atoms with Crippen molar-refractivity contribution in [3.05, 3.63) is 36.3 Å². The minimum absolute atomic E-state index is 0.297. The first-order valence-electron chi connectivity index (χ1n) is 8.63. The summed E-state index contributed by atoms with van der Waals surface area (Å²) in [5.74, 6) is 2.17. The van der Waals surface area contributed by atoms with E-state index in [0.717, 1.165) is 56.3 Å². The van der Waals surface area contributed by atoms with Crippen LogP contribution in [-0.4, -0.2) is 60.4 Å². The zero-order chi connectivity index (χ0) is 16.9. The summed E-state index contributed by atoms with van der Waals surface area (Å²) in [6.45, 7) is 9.77. The molecule has 6 heteroatoms. The molecule has 0 radical (unpaired) electrons. The van der Waals surface area contributed by atoms with Crippen LogP contribution in [0.3, 0.4) is 0 Å². The number of furan rings is 1.